The maximum atomic E-state index is 12.5. The van der Waals surface area contributed by atoms with Gasteiger partial charge in [-0.2, -0.15) is 0 Å². The summed E-state index contributed by atoms with van der Waals surface area (Å²) in [6.45, 7) is 15.3. The first-order valence-corrected chi connectivity index (χ1v) is 14.0. The van der Waals surface area contributed by atoms with Crippen molar-refractivity contribution in [3.05, 3.63) is 11.6 Å². The van der Waals surface area contributed by atoms with E-state index in [1.807, 2.05) is 0 Å². The fourth-order valence-electron chi connectivity index (χ4n) is 10.1. The number of rotatable bonds is 2. The quantitative estimate of drug-likeness (QED) is 0.375. The van der Waals surface area contributed by atoms with Crippen molar-refractivity contribution in [1.82, 2.24) is 0 Å². The molecule has 0 aromatic heterocycles. The molecule has 4 fully saturated rings. The second kappa shape index (κ2) is 7.57. The lowest BCUT2D eigenvalue weighted by Crippen LogP contribution is -2.62. The fraction of sp³-hybridized carbons (Fsp3) is 0.900. The van der Waals surface area contributed by atoms with Gasteiger partial charge in [-0.1, -0.05) is 46.3 Å². The summed E-state index contributed by atoms with van der Waals surface area (Å²) >= 11 is 0. The molecule has 5 heteroatoms. The fourth-order valence-corrected chi connectivity index (χ4v) is 10.1. The molecule has 1 aliphatic heterocycles. The van der Waals surface area contributed by atoms with Crippen molar-refractivity contribution in [3.63, 3.8) is 0 Å². The average Bonchev–Trinajstić information content (AvgIpc) is 3.04. The Hall–Kier alpha value is -0.910. The normalized spacial score (nSPS) is 51.5. The monoisotopic (exact) mass is 488 g/mol. The summed E-state index contributed by atoms with van der Waals surface area (Å²) in [5.41, 5.74) is -1.46. The van der Waals surface area contributed by atoms with Gasteiger partial charge in [-0.15, -0.1) is 0 Å². The molecule has 5 nitrogen and oxygen atoms in total. The van der Waals surface area contributed by atoms with Crippen molar-refractivity contribution in [2.24, 2.45) is 45.3 Å². The molecule has 1 saturated heterocycles. The Morgan fingerprint density at radius 1 is 1.03 bits per heavy atom. The third kappa shape index (κ3) is 3.19. The van der Waals surface area contributed by atoms with E-state index >= 15 is 0 Å². The Bertz CT molecular complexity index is 932. The van der Waals surface area contributed by atoms with Crippen LogP contribution in [0.4, 0.5) is 0 Å². The number of aliphatic hydroxyl groups excluding tert-OH is 1. The van der Waals surface area contributed by atoms with Crippen molar-refractivity contribution in [3.8, 4) is 0 Å². The van der Waals surface area contributed by atoms with Crippen LogP contribution in [0.25, 0.3) is 0 Å². The summed E-state index contributed by atoms with van der Waals surface area (Å²) in [4.78, 5) is 12.5. The molecule has 198 valence electrons. The molecule has 3 saturated carbocycles. The Balaban J connectivity index is 1.47. The molecule has 3 N–H and O–H groups in total. The van der Waals surface area contributed by atoms with Gasteiger partial charge in [0.1, 0.15) is 0 Å². The minimum absolute atomic E-state index is 0.0452. The van der Waals surface area contributed by atoms with E-state index in [0.717, 1.165) is 44.9 Å². The summed E-state index contributed by atoms with van der Waals surface area (Å²) in [5, 5.41) is 32.7. The van der Waals surface area contributed by atoms with E-state index in [1.165, 1.54) is 13.8 Å². The molecular weight excluding hydrogens is 440 g/mol. The number of esters is 1. The molecule has 0 aromatic rings. The van der Waals surface area contributed by atoms with E-state index in [1.54, 1.807) is 5.57 Å². The van der Waals surface area contributed by atoms with Gasteiger partial charge in [0.05, 0.1) is 18.3 Å². The molecule has 0 aromatic carbocycles. The van der Waals surface area contributed by atoms with E-state index < -0.39 is 17.2 Å². The van der Waals surface area contributed by atoms with Crippen molar-refractivity contribution in [1.29, 1.82) is 0 Å². The number of carbonyl (C=O) groups excluding carboxylic acids is 1. The maximum Gasteiger partial charge on any atom is 0.341 e. The lowest BCUT2D eigenvalue weighted by atomic mass is 9.41. The summed E-state index contributed by atoms with van der Waals surface area (Å²) in [7, 11) is 0. The minimum Gasteiger partial charge on any atom is -0.463 e. The van der Waals surface area contributed by atoms with Crippen LogP contribution >= 0.6 is 0 Å². The van der Waals surface area contributed by atoms with Crippen molar-refractivity contribution >= 4 is 5.97 Å². The summed E-state index contributed by atoms with van der Waals surface area (Å²) in [6, 6.07) is 0. The predicted molar refractivity (Wildman–Crippen MR) is 135 cm³/mol. The van der Waals surface area contributed by atoms with Crippen LogP contribution in [0.1, 0.15) is 99.8 Å². The average molecular weight is 489 g/mol. The molecule has 1 heterocycles. The summed E-state index contributed by atoms with van der Waals surface area (Å²) < 4.78 is 5.54. The smallest absolute Gasteiger partial charge is 0.341 e. The van der Waals surface area contributed by atoms with Crippen molar-refractivity contribution < 1.29 is 24.9 Å². The number of cyclic esters (lactones) is 1. The molecular formula is C30H48O5. The van der Waals surface area contributed by atoms with Crippen LogP contribution in [-0.2, 0) is 9.53 Å². The van der Waals surface area contributed by atoms with Gasteiger partial charge in [-0.25, -0.2) is 4.79 Å². The largest absolute Gasteiger partial charge is 0.463 e. The number of hydrogen-bond donors (Lipinski definition) is 3. The number of allylic oxidation sites excluding steroid dienone is 2. The Morgan fingerprint density at radius 2 is 1.71 bits per heavy atom. The van der Waals surface area contributed by atoms with Gasteiger partial charge in [-0.3, -0.25) is 0 Å². The highest BCUT2D eigenvalue weighted by molar-refractivity contribution is 5.81. The second-order valence-corrected chi connectivity index (χ2v) is 14.8. The molecule has 35 heavy (non-hydrogen) atoms. The van der Waals surface area contributed by atoms with Crippen LogP contribution in [0.5, 0.6) is 0 Å². The zero-order chi connectivity index (χ0) is 25.8. The molecule has 0 unspecified atom stereocenters. The highest BCUT2D eigenvalue weighted by Gasteiger charge is 2.67. The zero-order valence-corrected chi connectivity index (χ0v) is 23.0. The first kappa shape index (κ1) is 25.7. The predicted octanol–water partition coefficient (Wildman–Crippen LogP) is 5.02. The van der Waals surface area contributed by atoms with Crippen LogP contribution in [0, 0.1) is 45.3 Å². The zero-order valence-electron chi connectivity index (χ0n) is 23.0. The maximum absolute atomic E-state index is 12.5. The molecule has 5 aliphatic rings. The first-order valence-electron chi connectivity index (χ1n) is 14.0. The highest BCUT2D eigenvalue weighted by Crippen LogP contribution is 2.73. The minimum atomic E-state index is -1.86. The summed E-state index contributed by atoms with van der Waals surface area (Å²) in [6.07, 6.45) is 10.1. The lowest BCUT2D eigenvalue weighted by molar-refractivity contribution is -0.215. The molecule has 0 spiro atoms. The molecule has 0 bridgehead atoms. The molecule has 0 amide bonds. The van der Waals surface area contributed by atoms with Gasteiger partial charge in [0.15, 0.2) is 5.60 Å². The Morgan fingerprint density at radius 3 is 2.37 bits per heavy atom. The molecule has 5 rings (SSSR count). The van der Waals surface area contributed by atoms with Gasteiger partial charge >= 0.3 is 5.97 Å². The Labute approximate surface area is 211 Å². The van der Waals surface area contributed by atoms with Gasteiger partial charge < -0.3 is 20.1 Å². The van der Waals surface area contributed by atoms with Gasteiger partial charge in [-0.05, 0) is 111 Å². The topological polar surface area (TPSA) is 87.0 Å². The molecule has 9 atom stereocenters. The standard InChI is InChI=1S/C30H48O5/c1-25(2)22-9-8-21-20(27(22,5)13-12-23(25)31)11-15-28(6)19(10-14-29(21,28)7)18-16-30(34,26(3,4)33)24(32)35-17-18/h8,18-20,22-23,31,33-34H,9-17H2,1-7H3/t18-,19+,20+,22+,23-,27-,28+,29-,30-/m1/s1. The molecule has 4 aliphatic carbocycles. The third-order valence-corrected chi connectivity index (χ3v) is 12.8. The number of hydrogen-bond acceptors (Lipinski definition) is 5. The van der Waals surface area contributed by atoms with Crippen LogP contribution < -0.4 is 0 Å². The van der Waals surface area contributed by atoms with E-state index in [4.69, 9.17) is 4.74 Å². The molecule has 0 radical (unpaired) electrons. The van der Waals surface area contributed by atoms with Crippen molar-refractivity contribution in [2.75, 3.05) is 6.61 Å². The van der Waals surface area contributed by atoms with E-state index in [9.17, 15) is 20.1 Å². The van der Waals surface area contributed by atoms with E-state index in [-0.39, 0.29) is 40.1 Å². The number of ether oxygens (including phenoxy) is 1. The van der Waals surface area contributed by atoms with Crippen molar-refractivity contribution in [2.45, 2.75) is 117 Å². The number of fused-ring (bicyclic) bond motifs is 5. The highest BCUT2D eigenvalue weighted by atomic mass is 16.6. The van der Waals surface area contributed by atoms with E-state index in [2.05, 4.69) is 40.7 Å². The third-order valence-electron chi connectivity index (χ3n) is 12.8. The number of carbonyl (C=O) groups is 1. The van der Waals surface area contributed by atoms with Crippen LogP contribution in [-0.4, -0.2) is 45.2 Å². The second-order valence-electron chi connectivity index (χ2n) is 14.8. The first-order chi connectivity index (χ1) is 16.0. The number of aliphatic hydroxyl groups is 3. The van der Waals surface area contributed by atoms with Crippen LogP contribution in [0.15, 0.2) is 11.6 Å². The lowest BCUT2D eigenvalue weighted by Gasteiger charge is -2.64. The SMILES string of the molecule is CC1(C)[C@H](O)CC[C@]2(C)[C@H]3CC[C@@]4(C)[C@H]([C@H]5COC(=O)[C@@](O)(C(C)(C)O)C5)CC[C@]4(C)C3=CC[C@@H]12. The Kier molecular flexibility index (Phi) is 5.56. The summed E-state index contributed by atoms with van der Waals surface area (Å²) in [5.74, 6) is 0.752. The van der Waals surface area contributed by atoms with Gasteiger partial charge in [0, 0.05) is 0 Å². The van der Waals surface area contributed by atoms with Crippen LogP contribution in [0.2, 0.25) is 0 Å². The van der Waals surface area contributed by atoms with E-state index in [0.29, 0.717) is 24.4 Å². The van der Waals surface area contributed by atoms with Gasteiger partial charge in [0.2, 0.25) is 0 Å². The van der Waals surface area contributed by atoms with Gasteiger partial charge in [0.25, 0.3) is 0 Å². The van der Waals surface area contributed by atoms with Crippen LogP contribution in [0.3, 0.4) is 0 Å².